The van der Waals surface area contributed by atoms with Crippen LogP contribution < -0.4 is 4.74 Å². The van der Waals surface area contributed by atoms with Crippen LogP contribution in [0.15, 0.2) is 18.2 Å². The molecule has 1 aliphatic heterocycles. The Kier molecular flexibility index (Phi) is 2.68. The lowest BCUT2D eigenvalue weighted by Gasteiger charge is -2.20. The summed E-state index contributed by atoms with van der Waals surface area (Å²) in [5.74, 6) is 2.18. The van der Waals surface area contributed by atoms with E-state index in [2.05, 4.69) is 10.2 Å². The Bertz CT molecular complexity index is 517. The van der Waals surface area contributed by atoms with Crippen LogP contribution in [0.4, 0.5) is 0 Å². The summed E-state index contributed by atoms with van der Waals surface area (Å²) in [5.41, 5.74) is 0.839. The van der Waals surface area contributed by atoms with Crippen LogP contribution in [0.25, 0.3) is 5.65 Å². The maximum absolute atomic E-state index is 5.38. The Labute approximate surface area is 99.4 Å². The van der Waals surface area contributed by atoms with Crippen molar-refractivity contribution in [2.75, 3.05) is 20.3 Å². The summed E-state index contributed by atoms with van der Waals surface area (Å²) in [6.45, 7) is 1.60. The predicted molar refractivity (Wildman–Crippen MR) is 62.3 cm³/mol. The van der Waals surface area contributed by atoms with E-state index in [1.54, 1.807) is 7.11 Å². The molecule has 0 bridgehead atoms. The molecule has 3 heterocycles. The third-order valence-electron chi connectivity index (χ3n) is 3.21. The number of fused-ring (bicyclic) bond motifs is 1. The number of hydrogen-bond acceptors (Lipinski definition) is 4. The second kappa shape index (κ2) is 4.33. The molecule has 0 saturated carbocycles. The molecule has 0 radical (unpaired) electrons. The normalized spacial score (nSPS) is 17.5. The van der Waals surface area contributed by atoms with Gasteiger partial charge in [-0.2, -0.15) is 0 Å². The van der Waals surface area contributed by atoms with Gasteiger partial charge in [-0.15, -0.1) is 10.2 Å². The molecular formula is C12H15N3O2. The summed E-state index contributed by atoms with van der Waals surface area (Å²) in [5, 5.41) is 8.50. The van der Waals surface area contributed by atoms with E-state index in [0.29, 0.717) is 5.92 Å². The van der Waals surface area contributed by atoms with E-state index in [9.17, 15) is 0 Å². The molecular weight excluding hydrogens is 218 g/mol. The van der Waals surface area contributed by atoms with Crippen LogP contribution in [0, 0.1) is 0 Å². The van der Waals surface area contributed by atoms with Crippen LogP contribution in [-0.4, -0.2) is 34.9 Å². The number of rotatable bonds is 2. The maximum atomic E-state index is 5.38. The molecule has 0 unspecified atom stereocenters. The van der Waals surface area contributed by atoms with Gasteiger partial charge in [0.1, 0.15) is 5.82 Å². The number of ether oxygens (including phenoxy) is 2. The van der Waals surface area contributed by atoms with Gasteiger partial charge in [-0.25, -0.2) is 4.40 Å². The number of pyridine rings is 1. The first-order valence-corrected chi connectivity index (χ1v) is 5.86. The molecule has 0 aliphatic carbocycles. The summed E-state index contributed by atoms with van der Waals surface area (Å²) in [4.78, 5) is 0. The van der Waals surface area contributed by atoms with E-state index < -0.39 is 0 Å². The fourth-order valence-corrected chi connectivity index (χ4v) is 2.31. The molecule has 0 aromatic carbocycles. The molecule has 0 amide bonds. The molecule has 0 N–H and O–H groups in total. The molecule has 5 heteroatoms. The first-order chi connectivity index (χ1) is 8.40. The zero-order valence-electron chi connectivity index (χ0n) is 9.80. The van der Waals surface area contributed by atoms with Crippen molar-refractivity contribution < 1.29 is 9.47 Å². The van der Waals surface area contributed by atoms with Crippen LogP contribution >= 0.6 is 0 Å². The molecule has 1 aliphatic rings. The Hall–Kier alpha value is -1.62. The maximum Gasteiger partial charge on any atom is 0.200 e. The van der Waals surface area contributed by atoms with Gasteiger partial charge in [-0.05, 0) is 25.0 Å². The van der Waals surface area contributed by atoms with Crippen LogP contribution in [0.3, 0.4) is 0 Å². The van der Waals surface area contributed by atoms with Crippen molar-refractivity contribution in [3.63, 3.8) is 0 Å². The molecule has 1 fully saturated rings. The largest absolute Gasteiger partial charge is 0.482 e. The fourth-order valence-electron chi connectivity index (χ4n) is 2.31. The minimum Gasteiger partial charge on any atom is -0.482 e. The Morgan fingerprint density at radius 2 is 2.12 bits per heavy atom. The molecule has 0 atom stereocenters. The number of hydrogen-bond donors (Lipinski definition) is 0. The molecule has 2 aromatic heterocycles. The van der Waals surface area contributed by atoms with E-state index >= 15 is 0 Å². The smallest absolute Gasteiger partial charge is 0.200 e. The molecule has 0 spiro atoms. The third-order valence-corrected chi connectivity index (χ3v) is 3.21. The monoisotopic (exact) mass is 233 g/mol. The Morgan fingerprint density at radius 1 is 1.29 bits per heavy atom. The highest BCUT2D eigenvalue weighted by molar-refractivity contribution is 5.42. The minimum absolute atomic E-state index is 0.412. The minimum atomic E-state index is 0.412. The van der Waals surface area contributed by atoms with Gasteiger partial charge in [0.25, 0.3) is 0 Å². The van der Waals surface area contributed by atoms with Crippen molar-refractivity contribution in [2.45, 2.75) is 18.8 Å². The highest BCUT2D eigenvalue weighted by Crippen LogP contribution is 2.28. The number of methoxy groups -OCH3 is 1. The van der Waals surface area contributed by atoms with Crippen molar-refractivity contribution in [3.05, 3.63) is 24.0 Å². The van der Waals surface area contributed by atoms with E-state index in [1.807, 2.05) is 22.6 Å². The summed E-state index contributed by atoms with van der Waals surface area (Å²) in [6.07, 6.45) is 2.00. The van der Waals surface area contributed by atoms with Crippen LogP contribution in [0.5, 0.6) is 5.88 Å². The number of nitrogens with zero attached hydrogens (tertiary/aromatic N) is 3. The molecule has 1 saturated heterocycles. The third kappa shape index (κ3) is 1.76. The highest BCUT2D eigenvalue weighted by atomic mass is 16.5. The summed E-state index contributed by atoms with van der Waals surface area (Å²) >= 11 is 0. The zero-order chi connectivity index (χ0) is 11.7. The predicted octanol–water partition coefficient (Wildman–Crippen LogP) is 1.63. The lowest BCUT2D eigenvalue weighted by molar-refractivity contribution is 0.0832. The van der Waals surface area contributed by atoms with Gasteiger partial charge in [0.15, 0.2) is 5.65 Å². The SMILES string of the molecule is COc1cccc2nnc(C3CCOCC3)n12. The first-order valence-electron chi connectivity index (χ1n) is 5.86. The van der Waals surface area contributed by atoms with Crippen LogP contribution in [0.2, 0.25) is 0 Å². The van der Waals surface area contributed by atoms with Crippen molar-refractivity contribution in [1.82, 2.24) is 14.6 Å². The highest BCUT2D eigenvalue weighted by Gasteiger charge is 2.22. The zero-order valence-corrected chi connectivity index (χ0v) is 9.80. The van der Waals surface area contributed by atoms with Gasteiger partial charge < -0.3 is 9.47 Å². The first kappa shape index (κ1) is 10.5. The average molecular weight is 233 g/mol. The second-order valence-electron chi connectivity index (χ2n) is 4.21. The standard InChI is InChI=1S/C12H15N3O2/c1-16-11-4-2-3-10-13-14-12(15(10)11)9-5-7-17-8-6-9/h2-4,9H,5-8H2,1H3. The molecule has 90 valence electrons. The lowest BCUT2D eigenvalue weighted by Crippen LogP contribution is -2.16. The molecule has 5 nitrogen and oxygen atoms in total. The van der Waals surface area contributed by atoms with Gasteiger partial charge in [0, 0.05) is 19.1 Å². The van der Waals surface area contributed by atoms with Crippen molar-refractivity contribution in [2.24, 2.45) is 0 Å². The van der Waals surface area contributed by atoms with Gasteiger partial charge in [-0.1, -0.05) is 6.07 Å². The van der Waals surface area contributed by atoms with Gasteiger partial charge >= 0.3 is 0 Å². The van der Waals surface area contributed by atoms with E-state index in [-0.39, 0.29) is 0 Å². The van der Waals surface area contributed by atoms with E-state index in [0.717, 1.165) is 43.4 Å². The second-order valence-corrected chi connectivity index (χ2v) is 4.21. The summed E-state index contributed by atoms with van der Waals surface area (Å²) in [7, 11) is 1.67. The van der Waals surface area contributed by atoms with Gasteiger partial charge in [0.05, 0.1) is 7.11 Å². The van der Waals surface area contributed by atoms with Crippen LogP contribution in [0.1, 0.15) is 24.6 Å². The van der Waals surface area contributed by atoms with E-state index in [4.69, 9.17) is 9.47 Å². The quantitative estimate of drug-likeness (QED) is 0.791. The fraction of sp³-hybridized carbons (Fsp3) is 0.500. The van der Waals surface area contributed by atoms with Gasteiger partial charge in [0.2, 0.25) is 5.88 Å². The Morgan fingerprint density at radius 3 is 2.88 bits per heavy atom. The van der Waals surface area contributed by atoms with Crippen LogP contribution in [-0.2, 0) is 4.74 Å². The van der Waals surface area contributed by atoms with Crippen molar-refractivity contribution in [3.8, 4) is 5.88 Å². The Balaban J connectivity index is 2.09. The molecule has 2 aromatic rings. The summed E-state index contributed by atoms with van der Waals surface area (Å²) < 4.78 is 12.7. The lowest BCUT2D eigenvalue weighted by atomic mass is 9.99. The number of aromatic nitrogens is 3. The average Bonchev–Trinajstić information content (AvgIpc) is 2.83. The topological polar surface area (TPSA) is 48.7 Å². The van der Waals surface area contributed by atoms with Crippen molar-refractivity contribution >= 4 is 5.65 Å². The summed E-state index contributed by atoms with van der Waals surface area (Å²) in [6, 6.07) is 5.80. The van der Waals surface area contributed by atoms with E-state index in [1.165, 1.54) is 0 Å². The van der Waals surface area contributed by atoms with Gasteiger partial charge in [-0.3, -0.25) is 0 Å². The molecule has 3 rings (SSSR count). The van der Waals surface area contributed by atoms with Crippen molar-refractivity contribution in [1.29, 1.82) is 0 Å². The molecule has 17 heavy (non-hydrogen) atoms.